The number of phenolic OH excluding ortho intramolecular Hbond substituents is 1. The van der Waals surface area contributed by atoms with Gasteiger partial charge >= 0.3 is 0 Å². The minimum atomic E-state index is -0.290. The Balaban J connectivity index is 1.44. The molecule has 1 saturated heterocycles. The van der Waals surface area contributed by atoms with Gasteiger partial charge in [-0.2, -0.15) is 0 Å². The highest BCUT2D eigenvalue weighted by Crippen LogP contribution is 2.27. The number of ether oxygens (including phenoxy) is 1. The van der Waals surface area contributed by atoms with Gasteiger partial charge < -0.3 is 14.7 Å². The molecule has 150 valence electrons. The molecule has 3 aromatic carbocycles. The summed E-state index contributed by atoms with van der Waals surface area (Å²) in [6.07, 6.45) is 0. The zero-order valence-corrected chi connectivity index (χ0v) is 16.3. The highest BCUT2D eigenvalue weighted by Gasteiger charge is 2.25. The van der Waals surface area contributed by atoms with E-state index in [1.54, 1.807) is 30.2 Å². The third kappa shape index (κ3) is 4.03. The van der Waals surface area contributed by atoms with Crippen molar-refractivity contribution in [2.24, 2.45) is 0 Å². The molecule has 1 fully saturated rings. The minimum Gasteiger partial charge on any atom is -0.507 e. The van der Waals surface area contributed by atoms with Crippen LogP contribution in [0.3, 0.4) is 0 Å². The van der Waals surface area contributed by atoms with Gasteiger partial charge in [-0.3, -0.25) is 9.69 Å². The number of phenols is 1. The summed E-state index contributed by atoms with van der Waals surface area (Å²) in [5.74, 6) is 0.198. The summed E-state index contributed by atoms with van der Waals surface area (Å²) >= 11 is 0. The fourth-order valence-corrected chi connectivity index (χ4v) is 3.79. The van der Waals surface area contributed by atoms with Crippen LogP contribution in [-0.4, -0.2) is 54.1 Å². The van der Waals surface area contributed by atoms with Gasteiger partial charge in [0.25, 0.3) is 5.91 Å². The second-order valence-corrected chi connectivity index (χ2v) is 7.24. The average Bonchev–Trinajstić information content (AvgIpc) is 2.73. The zero-order valence-electron chi connectivity index (χ0n) is 16.3. The van der Waals surface area contributed by atoms with Crippen LogP contribution in [0.2, 0.25) is 0 Å². The molecule has 6 heteroatoms. The number of halogens is 1. The maximum Gasteiger partial charge on any atom is 0.257 e. The lowest BCUT2D eigenvalue weighted by Gasteiger charge is -2.35. The summed E-state index contributed by atoms with van der Waals surface area (Å²) in [4.78, 5) is 16.9. The summed E-state index contributed by atoms with van der Waals surface area (Å²) in [6, 6.07) is 15.5. The summed E-state index contributed by atoms with van der Waals surface area (Å²) in [6.45, 7) is 2.98. The highest BCUT2D eigenvalue weighted by atomic mass is 19.1. The van der Waals surface area contributed by atoms with Crippen molar-refractivity contribution in [2.75, 3.05) is 33.3 Å². The maximum atomic E-state index is 13.6. The SMILES string of the molecule is COc1ccc(F)cc1CN1CCN(C(=O)c2cc3ccccc3cc2O)CC1. The molecule has 0 bridgehead atoms. The van der Waals surface area contributed by atoms with E-state index < -0.39 is 0 Å². The van der Waals surface area contributed by atoms with Crippen molar-refractivity contribution < 1.29 is 19.0 Å². The fourth-order valence-electron chi connectivity index (χ4n) is 3.79. The van der Waals surface area contributed by atoms with Crippen molar-refractivity contribution in [1.29, 1.82) is 0 Å². The van der Waals surface area contributed by atoms with E-state index in [9.17, 15) is 14.3 Å². The predicted molar refractivity (Wildman–Crippen MR) is 110 cm³/mol. The Morgan fingerprint density at radius 2 is 1.72 bits per heavy atom. The lowest BCUT2D eigenvalue weighted by atomic mass is 10.0. The third-order valence-electron chi connectivity index (χ3n) is 5.39. The molecule has 0 atom stereocenters. The molecule has 1 N–H and O–H groups in total. The Labute approximate surface area is 168 Å². The van der Waals surface area contributed by atoms with Gasteiger partial charge in [0, 0.05) is 38.3 Å². The lowest BCUT2D eigenvalue weighted by molar-refractivity contribution is 0.0624. The number of benzene rings is 3. The number of amides is 1. The molecular weight excluding hydrogens is 371 g/mol. The first kappa shape index (κ1) is 19.2. The van der Waals surface area contributed by atoms with Crippen LogP contribution in [0.1, 0.15) is 15.9 Å². The van der Waals surface area contributed by atoms with E-state index in [0.717, 1.165) is 16.3 Å². The van der Waals surface area contributed by atoms with E-state index in [1.807, 2.05) is 24.3 Å². The molecule has 3 aromatic rings. The monoisotopic (exact) mass is 394 g/mol. The number of piperazine rings is 1. The molecule has 1 heterocycles. The number of nitrogens with zero attached hydrogens (tertiary/aromatic N) is 2. The Hall–Kier alpha value is -3.12. The van der Waals surface area contributed by atoms with Gasteiger partial charge in [-0.15, -0.1) is 0 Å². The second kappa shape index (κ2) is 8.09. The van der Waals surface area contributed by atoms with Crippen LogP contribution in [0.25, 0.3) is 10.8 Å². The van der Waals surface area contributed by atoms with Crippen LogP contribution < -0.4 is 4.74 Å². The number of carbonyl (C=O) groups excluding carboxylic acids is 1. The molecule has 0 radical (unpaired) electrons. The van der Waals surface area contributed by atoms with E-state index in [4.69, 9.17) is 4.74 Å². The van der Waals surface area contributed by atoms with Gasteiger partial charge in [0.05, 0.1) is 12.7 Å². The van der Waals surface area contributed by atoms with Gasteiger partial charge in [0.15, 0.2) is 0 Å². The highest BCUT2D eigenvalue weighted by molar-refractivity contribution is 6.01. The number of aromatic hydroxyl groups is 1. The lowest BCUT2D eigenvalue weighted by Crippen LogP contribution is -2.48. The number of hydrogen-bond donors (Lipinski definition) is 1. The van der Waals surface area contributed by atoms with Gasteiger partial charge in [0.1, 0.15) is 17.3 Å². The number of methoxy groups -OCH3 is 1. The molecule has 0 unspecified atom stereocenters. The summed E-state index contributed by atoms with van der Waals surface area (Å²) in [7, 11) is 1.57. The fraction of sp³-hybridized carbons (Fsp3) is 0.261. The largest absolute Gasteiger partial charge is 0.507 e. The molecule has 0 saturated carbocycles. The van der Waals surface area contributed by atoms with Crippen LogP contribution >= 0.6 is 0 Å². The Bertz CT molecular complexity index is 1050. The average molecular weight is 394 g/mol. The minimum absolute atomic E-state index is 0.000580. The number of rotatable bonds is 4. The molecule has 0 aromatic heterocycles. The van der Waals surface area contributed by atoms with Crippen LogP contribution in [0.15, 0.2) is 54.6 Å². The summed E-state index contributed by atoms with van der Waals surface area (Å²) < 4.78 is 18.9. The quantitative estimate of drug-likeness (QED) is 0.734. The van der Waals surface area contributed by atoms with Crippen molar-refractivity contribution in [3.8, 4) is 11.5 Å². The Morgan fingerprint density at radius 1 is 1.03 bits per heavy atom. The number of fused-ring (bicyclic) bond motifs is 1. The first-order valence-electron chi connectivity index (χ1n) is 9.61. The first-order valence-corrected chi connectivity index (χ1v) is 9.61. The molecule has 29 heavy (non-hydrogen) atoms. The predicted octanol–water partition coefficient (Wildman–Crippen LogP) is 3.65. The van der Waals surface area contributed by atoms with Crippen molar-refractivity contribution >= 4 is 16.7 Å². The van der Waals surface area contributed by atoms with Gasteiger partial charge in [0.2, 0.25) is 0 Å². The Morgan fingerprint density at radius 3 is 2.41 bits per heavy atom. The molecule has 4 rings (SSSR count). The molecular formula is C23H23FN2O3. The van der Waals surface area contributed by atoms with Crippen molar-refractivity contribution in [3.63, 3.8) is 0 Å². The van der Waals surface area contributed by atoms with E-state index in [1.165, 1.54) is 12.1 Å². The molecule has 5 nitrogen and oxygen atoms in total. The van der Waals surface area contributed by atoms with Crippen LogP contribution in [-0.2, 0) is 6.54 Å². The third-order valence-corrected chi connectivity index (χ3v) is 5.39. The second-order valence-electron chi connectivity index (χ2n) is 7.24. The van der Waals surface area contributed by atoms with E-state index in [0.29, 0.717) is 44.0 Å². The standard InChI is InChI=1S/C23H23FN2O3/c1-29-22-7-6-19(24)12-18(22)15-25-8-10-26(11-9-25)23(28)20-13-16-4-2-3-5-17(16)14-21(20)27/h2-7,12-14,27H,8-11,15H2,1H3. The zero-order chi connectivity index (χ0) is 20.4. The smallest absolute Gasteiger partial charge is 0.257 e. The number of hydrogen-bond acceptors (Lipinski definition) is 4. The summed E-state index contributed by atoms with van der Waals surface area (Å²) in [5.41, 5.74) is 1.11. The molecule has 1 amide bonds. The topological polar surface area (TPSA) is 53.0 Å². The van der Waals surface area contributed by atoms with Crippen LogP contribution in [0.4, 0.5) is 4.39 Å². The van der Waals surface area contributed by atoms with Crippen LogP contribution in [0.5, 0.6) is 11.5 Å². The molecule has 0 spiro atoms. The van der Waals surface area contributed by atoms with Gasteiger partial charge in [-0.25, -0.2) is 4.39 Å². The number of carbonyl (C=O) groups is 1. The van der Waals surface area contributed by atoms with Crippen LogP contribution in [0, 0.1) is 5.82 Å². The van der Waals surface area contributed by atoms with Crippen molar-refractivity contribution in [1.82, 2.24) is 9.80 Å². The molecule has 0 aliphatic carbocycles. The van der Waals surface area contributed by atoms with Gasteiger partial charge in [-0.1, -0.05) is 24.3 Å². The van der Waals surface area contributed by atoms with Crippen molar-refractivity contribution in [2.45, 2.75) is 6.54 Å². The van der Waals surface area contributed by atoms with E-state index in [2.05, 4.69) is 4.90 Å². The summed E-state index contributed by atoms with van der Waals surface area (Å²) in [5, 5.41) is 12.2. The van der Waals surface area contributed by atoms with E-state index >= 15 is 0 Å². The molecule has 1 aliphatic rings. The van der Waals surface area contributed by atoms with Crippen molar-refractivity contribution in [3.05, 3.63) is 71.5 Å². The van der Waals surface area contributed by atoms with Gasteiger partial charge in [-0.05, 0) is 41.1 Å². The maximum absolute atomic E-state index is 13.6. The normalized spacial score (nSPS) is 14.9. The van der Waals surface area contributed by atoms with E-state index in [-0.39, 0.29) is 17.5 Å². The molecule has 1 aliphatic heterocycles. The Kier molecular flexibility index (Phi) is 5.36. The first-order chi connectivity index (χ1) is 14.0.